The van der Waals surface area contributed by atoms with Crippen LogP contribution in [0, 0.1) is 37.3 Å². The highest BCUT2D eigenvalue weighted by Crippen LogP contribution is 2.38. The van der Waals surface area contributed by atoms with E-state index in [-0.39, 0.29) is 0 Å². The van der Waals surface area contributed by atoms with Crippen molar-refractivity contribution >= 4 is 28.8 Å². The highest BCUT2D eigenvalue weighted by Gasteiger charge is 2.30. The van der Waals surface area contributed by atoms with Gasteiger partial charge in [-0.2, -0.15) is 0 Å². The van der Waals surface area contributed by atoms with Gasteiger partial charge in [0.2, 0.25) is 0 Å². The maximum atomic E-state index is 10.4. The molecule has 12 heteroatoms. The van der Waals surface area contributed by atoms with Gasteiger partial charge in [0.15, 0.2) is 0 Å². The number of rotatable bonds is 6. The summed E-state index contributed by atoms with van der Waals surface area (Å²) in [5.41, 5.74) is -1.60. The second-order valence-corrected chi connectivity index (χ2v) is 7.81. The molecule has 11 nitrogen and oxygen atoms in total. The molecule has 0 unspecified atom stereocenters. The van der Waals surface area contributed by atoms with Gasteiger partial charge in [-0.25, -0.2) is 0 Å². The van der Waals surface area contributed by atoms with Crippen LogP contribution in [-0.4, -0.2) is 43.7 Å². The predicted molar refractivity (Wildman–Crippen MR) is 115 cm³/mol. The average Bonchev–Trinajstić information content (AvgIpc) is 2.74. The van der Waals surface area contributed by atoms with Crippen LogP contribution < -0.4 is 0 Å². The SMILES string of the molecule is Cc1ccccc1SCN1CCCCC1.O=[N+]([O-])c1cc([N+](=O)[O-])c(O)c([N+](=O)[O-])c1. The van der Waals surface area contributed by atoms with Crippen LogP contribution in [0.5, 0.6) is 5.75 Å². The van der Waals surface area contributed by atoms with Crippen molar-refractivity contribution in [3.05, 3.63) is 72.3 Å². The molecule has 1 saturated heterocycles. The summed E-state index contributed by atoms with van der Waals surface area (Å²) in [7, 11) is 0. The molecule has 1 fully saturated rings. The number of likely N-dealkylation sites (tertiary alicyclic amines) is 1. The zero-order valence-corrected chi connectivity index (χ0v) is 17.6. The van der Waals surface area contributed by atoms with Crippen molar-refractivity contribution in [1.29, 1.82) is 0 Å². The van der Waals surface area contributed by atoms with Crippen molar-refractivity contribution in [3.8, 4) is 5.75 Å². The molecule has 0 amide bonds. The van der Waals surface area contributed by atoms with Gasteiger partial charge in [-0.3, -0.25) is 35.2 Å². The van der Waals surface area contributed by atoms with E-state index in [0.717, 1.165) is 5.88 Å². The van der Waals surface area contributed by atoms with Gasteiger partial charge in [-0.15, -0.1) is 11.8 Å². The molecule has 0 radical (unpaired) electrons. The number of phenols is 1. The number of non-ortho nitro benzene ring substituents is 1. The van der Waals surface area contributed by atoms with E-state index in [9.17, 15) is 30.3 Å². The van der Waals surface area contributed by atoms with Crippen LogP contribution in [0.3, 0.4) is 0 Å². The standard InChI is InChI=1S/C13H19NS.C6H3N3O7/c1-12-7-3-4-8-13(12)15-11-14-9-5-2-6-10-14;10-6-4(8(13)14)1-3(7(11)12)2-5(6)9(15)16/h3-4,7-8H,2,5-6,9-11H2,1H3;1-2,10H. The van der Waals surface area contributed by atoms with E-state index in [4.69, 9.17) is 5.11 Å². The quantitative estimate of drug-likeness (QED) is 0.376. The molecule has 2 aromatic carbocycles. The summed E-state index contributed by atoms with van der Waals surface area (Å²) in [5.74, 6) is -0.0502. The van der Waals surface area contributed by atoms with Gasteiger partial charge in [0.05, 0.1) is 26.9 Å². The number of thioether (sulfide) groups is 1. The maximum absolute atomic E-state index is 10.4. The van der Waals surface area contributed by atoms with E-state index in [1.165, 1.54) is 42.8 Å². The van der Waals surface area contributed by atoms with Crippen LogP contribution >= 0.6 is 11.8 Å². The Labute approximate surface area is 182 Å². The molecule has 1 aliphatic heterocycles. The lowest BCUT2D eigenvalue weighted by Crippen LogP contribution is -2.29. The Morgan fingerprint density at radius 1 is 0.935 bits per heavy atom. The van der Waals surface area contributed by atoms with E-state index in [1.807, 2.05) is 11.8 Å². The van der Waals surface area contributed by atoms with E-state index < -0.39 is 37.6 Å². The van der Waals surface area contributed by atoms with Crippen LogP contribution in [0.1, 0.15) is 24.8 Å². The summed E-state index contributed by atoms with van der Waals surface area (Å²) in [6.45, 7) is 4.77. The average molecular weight is 450 g/mol. The van der Waals surface area contributed by atoms with E-state index in [2.05, 4.69) is 36.1 Å². The molecule has 166 valence electrons. The van der Waals surface area contributed by atoms with E-state index in [1.54, 1.807) is 0 Å². The Morgan fingerprint density at radius 2 is 1.48 bits per heavy atom. The van der Waals surface area contributed by atoms with Crippen molar-refractivity contribution in [2.75, 3.05) is 19.0 Å². The molecule has 0 spiro atoms. The lowest BCUT2D eigenvalue weighted by molar-refractivity contribution is -0.404. The monoisotopic (exact) mass is 450 g/mol. The molecular formula is C19H22N4O7S. The van der Waals surface area contributed by atoms with Crippen LogP contribution in [-0.2, 0) is 0 Å². The molecule has 1 heterocycles. The van der Waals surface area contributed by atoms with Crippen LogP contribution in [0.15, 0.2) is 41.3 Å². The number of hydrogen-bond donors (Lipinski definition) is 1. The highest BCUT2D eigenvalue weighted by atomic mass is 32.2. The van der Waals surface area contributed by atoms with Crippen LogP contribution in [0.2, 0.25) is 0 Å². The summed E-state index contributed by atoms with van der Waals surface area (Å²) in [5, 5.41) is 40.2. The minimum absolute atomic E-state index is 0.447. The second-order valence-electron chi connectivity index (χ2n) is 6.82. The third-order valence-electron chi connectivity index (χ3n) is 4.60. The van der Waals surface area contributed by atoms with Gasteiger partial charge in [-0.05, 0) is 44.5 Å². The number of nitro benzene ring substituents is 3. The third kappa shape index (κ3) is 6.89. The number of nitrogens with zero attached hydrogens (tertiary/aromatic N) is 4. The fourth-order valence-electron chi connectivity index (χ4n) is 2.94. The number of hydrogen-bond acceptors (Lipinski definition) is 9. The second kappa shape index (κ2) is 11.2. The first kappa shape index (κ1) is 24.0. The van der Waals surface area contributed by atoms with Gasteiger partial charge in [0.25, 0.3) is 11.4 Å². The molecule has 31 heavy (non-hydrogen) atoms. The minimum Gasteiger partial charge on any atom is -0.497 e. The fourth-order valence-corrected chi connectivity index (χ4v) is 3.99. The number of nitro groups is 3. The van der Waals surface area contributed by atoms with E-state index in [0.29, 0.717) is 12.1 Å². The molecular weight excluding hydrogens is 428 g/mol. The summed E-state index contributed by atoms with van der Waals surface area (Å²) in [6, 6.07) is 9.55. The van der Waals surface area contributed by atoms with Crippen molar-refractivity contribution in [1.82, 2.24) is 4.90 Å². The van der Waals surface area contributed by atoms with Gasteiger partial charge in [0.1, 0.15) is 0 Å². The van der Waals surface area contributed by atoms with E-state index >= 15 is 0 Å². The largest absolute Gasteiger partial charge is 0.497 e. The lowest BCUT2D eigenvalue weighted by Gasteiger charge is -2.26. The molecule has 1 N–H and O–H groups in total. The first-order valence-corrected chi connectivity index (χ1v) is 10.4. The van der Waals surface area contributed by atoms with Crippen LogP contribution in [0.4, 0.5) is 17.1 Å². The summed E-state index contributed by atoms with van der Waals surface area (Å²) in [6.07, 6.45) is 4.19. The normalized spacial score (nSPS) is 13.7. The highest BCUT2D eigenvalue weighted by molar-refractivity contribution is 7.99. The van der Waals surface area contributed by atoms with Gasteiger partial charge in [0, 0.05) is 10.8 Å². The minimum atomic E-state index is -1.21. The number of phenolic OH excluding ortho intramolecular Hbond substituents is 1. The smallest absolute Gasteiger partial charge is 0.324 e. The van der Waals surface area contributed by atoms with Crippen molar-refractivity contribution in [2.24, 2.45) is 0 Å². The predicted octanol–water partition coefficient (Wildman–Crippen LogP) is 4.65. The third-order valence-corrected chi connectivity index (χ3v) is 5.87. The topological polar surface area (TPSA) is 153 Å². The first-order valence-electron chi connectivity index (χ1n) is 9.41. The fraction of sp³-hybridized carbons (Fsp3) is 0.368. The van der Waals surface area contributed by atoms with Crippen molar-refractivity contribution < 1.29 is 19.9 Å². The molecule has 0 atom stereocenters. The zero-order chi connectivity index (χ0) is 23.0. The van der Waals surface area contributed by atoms with Crippen molar-refractivity contribution in [3.63, 3.8) is 0 Å². The van der Waals surface area contributed by atoms with Crippen LogP contribution in [0.25, 0.3) is 0 Å². The number of piperidine rings is 1. The summed E-state index contributed by atoms with van der Waals surface area (Å²) < 4.78 is 0. The van der Waals surface area contributed by atoms with Gasteiger partial charge >= 0.3 is 11.4 Å². The Kier molecular flexibility index (Phi) is 8.70. The Hall–Kier alpha value is -3.25. The lowest BCUT2D eigenvalue weighted by atomic mass is 10.1. The number of aryl methyl sites for hydroxylation is 1. The summed E-state index contributed by atoms with van der Waals surface area (Å²) in [4.78, 5) is 31.8. The van der Waals surface area contributed by atoms with Gasteiger partial charge in [-0.1, -0.05) is 24.6 Å². The summed E-state index contributed by atoms with van der Waals surface area (Å²) >= 11 is 1.98. The molecule has 2 aromatic rings. The molecule has 3 rings (SSSR count). The molecule has 1 aliphatic rings. The number of aromatic hydroxyl groups is 1. The van der Waals surface area contributed by atoms with Gasteiger partial charge < -0.3 is 5.11 Å². The zero-order valence-electron chi connectivity index (χ0n) is 16.8. The Bertz CT molecular complexity index is 929. The maximum Gasteiger partial charge on any atom is 0.324 e. The van der Waals surface area contributed by atoms with Crippen molar-refractivity contribution in [2.45, 2.75) is 31.1 Å². The molecule has 0 bridgehead atoms. The Balaban J connectivity index is 0.000000220. The molecule has 0 aliphatic carbocycles. The number of benzene rings is 2. The molecule has 0 aromatic heterocycles. The molecule has 0 saturated carbocycles. The Morgan fingerprint density at radius 3 is 1.97 bits per heavy atom. The first-order chi connectivity index (χ1) is 14.7.